The van der Waals surface area contributed by atoms with Crippen LogP contribution in [0.5, 0.6) is 5.75 Å². The Morgan fingerprint density at radius 1 is 1.20 bits per heavy atom. The van der Waals surface area contributed by atoms with E-state index in [2.05, 4.69) is 38.4 Å². The van der Waals surface area contributed by atoms with Gasteiger partial charge in [0.15, 0.2) is 11.7 Å². The van der Waals surface area contributed by atoms with Crippen molar-refractivity contribution in [3.8, 4) is 5.75 Å². The van der Waals surface area contributed by atoms with Crippen molar-refractivity contribution in [2.24, 2.45) is 0 Å². The smallest absolute Gasteiger partial charge is 0.264 e. The maximum atomic E-state index is 12.0. The first-order valence-corrected chi connectivity index (χ1v) is 9.38. The van der Waals surface area contributed by atoms with Crippen LogP contribution < -0.4 is 10.1 Å². The van der Waals surface area contributed by atoms with Gasteiger partial charge in [-0.15, -0.1) is 11.3 Å². The molecule has 25 heavy (non-hydrogen) atoms. The molecule has 0 radical (unpaired) electrons. The first-order chi connectivity index (χ1) is 12.1. The minimum atomic E-state index is -0.215. The Kier molecular flexibility index (Phi) is 5.83. The summed E-state index contributed by atoms with van der Waals surface area (Å²) >= 11 is 4.90. The molecule has 0 bridgehead atoms. The molecule has 0 aliphatic carbocycles. The lowest BCUT2D eigenvalue weighted by atomic mass is 10.1. The van der Waals surface area contributed by atoms with E-state index in [1.54, 1.807) is 6.20 Å². The molecule has 1 N–H and O–H groups in total. The molecule has 3 rings (SSSR count). The predicted molar refractivity (Wildman–Crippen MR) is 104 cm³/mol. The standard InChI is InChI=1S/C19H17BrN2O2S/c1-13-4-2-3-5-17(13)24-12-18(23)22-19-21-11-16(25-19)10-14-6-8-15(20)9-7-14/h2-9,11H,10,12H2,1H3,(H,21,22,23). The van der Waals surface area contributed by atoms with Crippen LogP contribution in [-0.2, 0) is 11.2 Å². The number of rotatable bonds is 6. The third kappa shape index (κ3) is 5.14. The molecule has 0 aliphatic rings. The summed E-state index contributed by atoms with van der Waals surface area (Å²) in [5, 5.41) is 3.37. The largest absolute Gasteiger partial charge is 0.483 e. The van der Waals surface area contributed by atoms with Gasteiger partial charge >= 0.3 is 0 Å². The van der Waals surface area contributed by atoms with Crippen LogP contribution in [0.1, 0.15) is 16.0 Å². The molecule has 0 fully saturated rings. The Morgan fingerprint density at radius 2 is 1.96 bits per heavy atom. The van der Waals surface area contributed by atoms with Crippen LogP contribution >= 0.6 is 27.3 Å². The van der Waals surface area contributed by atoms with Gasteiger partial charge in [0, 0.05) is 22.0 Å². The van der Waals surface area contributed by atoms with Gasteiger partial charge in [0.1, 0.15) is 5.75 Å². The number of thiazole rings is 1. The van der Waals surface area contributed by atoms with E-state index in [1.807, 2.05) is 43.3 Å². The lowest BCUT2D eigenvalue weighted by molar-refractivity contribution is -0.118. The lowest BCUT2D eigenvalue weighted by Crippen LogP contribution is -2.20. The van der Waals surface area contributed by atoms with Crippen molar-refractivity contribution in [2.45, 2.75) is 13.3 Å². The van der Waals surface area contributed by atoms with E-state index in [1.165, 1.54) is 16.9 Å². The highest BCUT2D eigenvalue weighted by Gasteiger charge is 2.09. The van der Waals surface area contributed by atoms with Gasteiger partial charge < -0.3 is 4.74 Å². The van der Waals surface area contributed by atoms with E-state index >= 15 is 0 Å². The number of amides is 1. The summed E-state index contributed by atoms with van der Waals surface area (Å²) in [6, 6.07) is 15.8. The van der Waals surface area contributed by atoms with Crippen LogP contribution in [0, 0.1) is 6.92 Å². The van der Waals surface area contributed by atoms with Crippen molar-refractivity contribution in [3.63, 3.8) is 0 Å². The molecule has 0 spiro atoms. The molecule has 1 heterocycles. The summed E-state index contributed by atoms with van der Waals surface area (Å²) in [7, 11) is 0. The van der Waals surface area contributed by atoms with Crippen molar-refractivity contribution in [2.75, 3.05) is 11.9 Å². The van der Waals surface area contributed by atoms with Gasteiger partial charge in [0.2, 0.25) is 0 Å². The molecule has 1 aromatic heterocycles. The zero-order chi connectivity index (χ0) is 17.6. The van der Waals surface area contributed by atoms with Crippen molar-refractivity contribution < 1.29 is 9.53 Å². The molecule has 4 nitrogen and oxygen atoms in total. The molecule has 6 heteroatoms. The van der Waals surface area contributed by atoms with Crippen molar-refractivity contribution in [1.29, 1.82) is 0 Å². The molecular formula is C19H17BrN2O2S. The lowest BCUT2D eigenvalue weighted by Gasteiger charge is -2.07. The SMILES string of the molecule is Cc1ccccc1OCC(=O)Nc1ncc(Cc2ccc(Br)cc2)s1. The van der Waals surface area contributed by atoms with E-state index in [4.69, 9.17) is 4.74 Å². The Hall–Kier alpha value is -2.18. The molecule has 0 aliphatic heterocycles. The highest BCUT2D eigenvalue weighted by Crippen LogP contribution is 2.22. The number of halogens is 1. The summed E-state index contributed by atoms with van der Waals surface area (Å²) in [6.07, 6.45) is 2.59. The fourth-order valence-electron chi connectivity index (χ4n) is 2.27. The number of nitrogens with zero attached hydrogens (tertiary/aromatic N) is 1. The van der Waals surface area contributed by atoms with E-state index in [9.17, 15) is 4.79 Å². The number of benzene rings is 2. The Labute approximate surface area is 159 Å². The van der Waals surface area contributed by atoms with E-state index in [-0.39, 0.29) is 12.5 Å². The average molecular weight is 417 g/mol. The van der Waals surface area contributed by atoms with Gasteiger partial charge in [0.05, 0.1) is 0 Å². The number of aromatic nitrogens is 1. The molecule has 0 saturated heterocycles. The van der Waals surface area contributed by atoms with Gasteiger partial charge in [0.25, 0.3) is 5.91 Å². The molecule has 0 unspecified atom stereocenters. The summed E-state index contributed by atoms with van der Waals surface area (Å²) in [6.45, 7) is 1.91. The number of hydrogen-bond acceptors (Lipinski definition) is 4. The zero-order valence-electron chi connectivity index (χ0n) is 13.7. The van der Waals surface area contributed by atoms with Crippen LogP contribution in [0.15, 0.2) is 59.2 Å². The number of nitrogens with one attached hydrogen (secondary N) is 1. The van der Waals surface area contributed by atoms with Crippen molar-refractivity contribution in [3.05, 3.63) is 75.2 Å². The van der Waals surface area contributed by atoms with Crippen molar-refractivity contribution in [1.82, 2.24) is 4.98 Å². The maximum absolute atomic E-state index is 12.0. The van der Waals surface area contributed by atoms with Gasteiger partial charge in [-0.1, -0.05) is 46.3 Å². The highest BCUT2D eigenvalue weighted by molar-refractivity contribution is 9.10. The summed E-state index contributed by atoms with van der Waals surface area (Å²) in [5.41, 5.74) is 2.20. The second kappa shape index (κ2) is 8.27. The third-order valence-electron chi connectivity index (χ3n) is 3.54. The van der Waals surface area contributed by atoms with Gasteiger partial charge in [-0.05, 0) is 36.2 Å². The summed E-state index contributed by atoms with van der Waals surface area (Å²) < 4.78 is 6.60. The maximum Gasteiger partial charge on any atom is 0.264 e. The molecule has 0 atom stereocenters. The molecule has 1 amide bonds. The van der Waals surface area contributed by atoms with Crippen LogP contribution in [0.3, 0.4) is 0 Å². The molecule has 128 valence electrons. The molecule has 0 saturated carbocycles. The molecule has 2 aromatic carbocycles. The minimum absolute atomic E-state index is 0.0352. The number of anilines is 1. The van der Waals surface area contributed by atoms with E-state index in [0.29, 0.717) is 10.9 Å². The van der Waals surface area contributed by atoms with E-state index < -0.39 is 0 Å². The summed E-state index contributed by atoms with van der Waals surface area (Å²) in [5.74, 6) is 0.500. The van der Waals surface area contributed by atoms with Gasteiger partial charge in [-0.2, -0.15) is 0 Å². The topological polar surface area (TPSA) is 51.2 Å². The monoisotopic (exact) mass is 416 g/mol. The summed E-state index contributed by atoms with van der Waals surface area (Å²) in [4.78, 5) is 17.4. The number of carbonyl (C=O) groups excluding carboxylic acids is 1. The number of ether oxygens (including phenoxy) is 1. The zero-order valence-corrected chi connectivity index (χ0v) is 16.1. The second-order valence-corrected chi connectivity index (χ2v) is 7.57. The number of hydrogen-bond donors (Lipinski definition) is 1. The fourth-order valence-corrected chi connectivity index (χ4v) is 3.39. The quantitative estimate of drug-likeness (QED) is 0.626. The Bertz CT molecular complexity index is 862. The number of carbonyl (C=O) groups is 1. The van der Waals surface area contributed by atoms with E-state index in [0.717, 1.165) is 21.3 Å². The average Bonchev–Trinajstić information content (AvgIpc) is 3.03. The third-order valence-corrected chi connectivity index (χ3v) is 4.99. The first kappa shape index (κ1) is 17.6. The van der Waals surface area contributed by atoms with Crippen molar-refractivity contribution >= 4 is 38.3 Å². The molecular weight excluding hydrogens is 400 g/mol. The van der Waals surface area contributed by atoms with Gasteiger partial charge in [-0.25, -0.2) is 4.98 Å². The number of aryl methyl sites for hydroxylation is 1. The van der Waals surface area contributed by atoms with Crippen LogP contribution in [0.25, 0.3) is 0 Å². The Morgan fingerprint density at radius 3 is 2.72 bits per heavy atom. The first-order valence-electron chi connectivity index (χ1n) is 7.77. The Balaban J connectivity index is 1.53. The normalized spacial score (nSPS) is 10.5. The second-order valence-electron chi connectivity index (χ2n) is 5.54. The van der Waals surface area contributed by atoms with Crippen LogP contribution in [0.2, 0.25) is 0 Å². The van der Waals surface area contributed by atoms with Crippen LogP contribution in [0.4, 0.5) is 5.13 Å². The fraction of sp³-hybridized carbons (Fsp3) is 0.158. The molecule has 3 aromatic rings. The number of para-hydroxylation sites is 1. The van der Waals surface area contributed by atoms with Gasteiger partial charge in [-0.3, -0.25) is 10.1 Å². The predicted octanol–water partition coefficient (Wildman–Crippen LogP) is 4.82. The van der Waals surface area contributed by atoms with Crippen LogP contribution in [-0.4, -0.2) is 17.5 Å². The minimum Gasteiger partial charge on any atom is -0.483 e. The highest BCUT2D eigenvalue weighted by atomic mass is 79.9.